The molecular weight excluding hydrogens is 348 g/mol. The number of hydrazone groups is 1. The van der Waals surface area contributed by atoms with Crippen LogP contribution in [0.4, 0.5) is 5.69 Å². The normalized spacial score (nSPS) is 10.8. The summed E-state index contributed by atoms with van der Waals surface area (Å²) in [6.45, 7) is 0.728. The molecule has 3 heteroatoms. The van der Waals surface area contributed by atoms with Crippen molar-refractivity contribution >= 4 is 27.8 Å². The van der Waals surface area contributed by atoms with Crippen LogP contribution in [0.15, 0.2) is 94.5 Å². The van der Waals surface area contributed by atoms with E-state index in [1.807, 2.05) is 59.8 Å². The molecule has 0 bridgehead atoms. The van der Waals surface area contributed by atoms with Gasteiger partial charge in [0, 0.05) is 10.0 Å². The molecule has 0 amide bonds. The summed E-state index contributed by atoms with van der Waals surface area (Å²) in [6, 6.07) is 28.6. The lowest BCUT2D eigenvalue weighted by Gasteiger charge is -2.19. The second kappa shape index (κ2) is 7.75. The van der Waals surface area contributed by atoms with Gasteiger partial charge < -0.3 is 0 Å². The van der Waals surface area contributed by atoms with Gasteiger partial charge in [0.15, 0.2) is 0 Å². The van der Waals surface area contributed by atoms with E-state index in [2.05, 4.69) is 52.3 Å². The number of halogens is 1. The predicted molar refractivity (Wildman–Crippen MR) is 101 cm³/mol. The molecule has 3 rings (SSSR count). The van der Waals surface area contributed by atoms with E-state index >= 15 is 0 Å². The Balaban J connectivity index is 1.88. The highest BCUT2D eigenvalue weighted by Crippen LogP contribution is 2.18. The van der Waals surface area contributed by atoms with Crippen molar-refractivity contribution in [3.8, 4) is 0 Å². The van der Waals surface area contributed by atoms with Gasteiger partial charge in [0.1, 0.15) is 0 Å². The largest absolute Gasteiger partial charge is 0.261 e. The van der Waals surface area contributed by atoms with Crippen LogP contribution in [-0.2, 0) is 6.54 Å². The maximum absolute atomic E-state index is 4.70. The molecule has 3 aromatic rings. The van der Waals surface area contributed by atoms with E-state index in [-0.39, 0.29) is 0 Å². The van der Waals surface area contributed by atoms with Crippen LogP contribution in [0.5, 0.6) is 0 Å². The van der Waals surface area contributed by atoms with Crippen molar-refractivity contribution in [3.05, 3.63) is 101 Å². The lowest BCUT2D eigenvalue weighted by Crippen LogP contribution is -2.16. The minimum absolute atomic E-state index is 0.728. The van der Waals surface area contributed by atoms with Crippen LogP contribution in [0, 0.1) is 0 Å². The highest BCUT2D eigenvalue weighted by Gasteiger charge is 2.05. The Bertz CT molecular complexity index is 770. The Kier molecular flexibility index (Phi) is 5.22. The van der Waals surface area contributed by atoms with Gasteiger partial charge in [0.05, 0.1) is 18.4 Å². The lowest BCUT2D eigenvalue weighted by atomic mass is 10.2. The minimum atomic E-state index is 0.728. The van der Waals surface area contributed by atoms with Crippen LogP contribution in [0.1, 0.15) is 11.1 Å². The Morgan fingerprint density at radius 2 is 1.39 bits per heavy atom. The summed E-state index contributed by atoms with van der Waals surface area (Å²) < 4.78 is 1.04. The fraction of sp³-hybridized carbons (Fsp3) is 0.0500. The van der Waals surface area contributed by atoms with Crippen molar-refractivity contribution in [1.82, 2.24) is 0 Å². The average Bonchev–Trinajstić information content (AvgIpc) is 2.61. The van der Waals surface area contributed by atoms with E-state index in [9.17, 15) is 0 Å². The first-order valence-corrected chi connectivity index (χ1v) is 8.27. The number of nitrogens with zero attached hydrogens (tertiary/aromatic N) is 2. The molecule has 0 unspecified atom stereocenters. The van der Waals surface area contributed by atoms with E-state index in [0.29, 0.717) is 0 Å². The van der Waals surface area contributed by atoms with Gasteiger partial charge in [-0.15, -0.1) is 0 Å². The van der Waals surface area contributed by atoms with E-state index < -0.39 is 0 Å². The Morgan fingerprint density at radius 1 is 0.783 bits per heavy atom. The molecule has 0 aromatic heterocycles. The fourth-order valence-corrected chi connectivity index (χ4v) is 2.65. The first kappa shape index (κ1) is 15.5. The lowest BCUT2D eigenvalue weighted by molar-refractivity contribution is 0.858. The molecule has 0 atom stereocenters. The Labute approximate surface area is 145 Å². The zero-order valence-corrected chi connectivity index (χ0v) is 14.2. The van der Waals surface area contributed by atoms with Crippen molar-refractivity contribution in [2.24, 2.45) is 5.10 Å². The molecule has 3 aromatic carbocycles. The zero-order chi connectivity index (χ0) is 15.9. The van der Waals surface area contributed by atoms with Gasteiger partial charge in [0.25, 0.3) is 0 Å². The second-order valence-corrected chi connectivity index (χ2v) is 6.00. The second-order valence-electron chi connectivity index (χ2n) is 5.14. The first-order valence-electron chi connectivity index (χ1n) is 7.48. The van der Waals surface area contributed by atoms with Crippen molar-refractivity contribution < 1.29 is 0 Å². The molecule has 114 valence electrons. The number of hydrogen-bond acceptors (Lipinski definition) is 2. The maximum Gasteiger partial charge on any atom is 0.0666 e. The number of benzene rings is 3. The zero-order valence-electron chi connectivity index (χ0n) is 12.6. The molecule has 23 heavy (non-hydrogen) atoms. The highest BCUT2D eigenvalue weighted by molar-refractivity contribution is 9.10. The number of anilines is 1. The summed E-state index contributed by atoms with van der Waals surface area (Å²) >= 11 is 3.56. The van der Waals surface area contributed by atoms with Crippen molar-refractivity contribution in [2.45, 2.75) is 6.54 Å². The molecule has 0 aliphatic heterocycles. The van der Waals surface area contributed by atoms with E-state index in [0.717, 1.165) is 22.3 Å². The third kappa shape index (κ3) is 4.30. The average molecular weight is 365 g/mol. The molecule has 0 aliphatic rings. The number of rotatable bonds is 5. The maximum atomic E-state index is 4.70. The molecule has 0 saturated heterocycles. The van der Waals surface area contributed by atoms with Gasteiger partial charge >= 0.3 is 0 Å². The molecule has 0 radical (unpaired) electrons. The van der Waals surface area contributed by atoms with Crippen LogP contribution in [-0.4, -0.2) is 6.21 Å². The summed E-state index contributed by atoms with van der Waals surface area (Å²) in [7, 11) is 0. The molecular formula is C20H17BrN2. The van der Waals surface area contributed by atoms with E-state index in [4.69, 9.17) is 5.10 Å². The van der Waals surface area contributed by atoms with E-state index in [1.165, 1.54) is 5.56 Å². The molecule has 0 N–H and O–H groups in total. The standard InChI is InChI=1S/C20H17BrN2/c21-20-14-8-7-11-18(20)15-22-23(19-12-5-2-6-13-19)16-17-9-3-1-4-10-17/h1-15H,16H2/b22-15+. The summed E-state index contributed by atoms with van der Waals surface area (Å²) in [5, 5.41) is 6.71. The summed E-state index contributed by atoms with van der Waals surface area (Å²) in [6.07, 6.45) is 1.89. The Hall–Kier alpha value is -2.39. The van der Waals surface area contributed by atoms with Crippen LogP contribution >= 0.6 is 15.9 Å². The van der Waals surface area contributed by atoms with Gasteiger partial charge in [-0.3, -0.25) is 5.01 Å². The van der Waals surface area contributed by atoms with Crippen LogP contribution in [0.25, 0.3) is 0 Å². The van der Waals surface area contributed by atoms with Gasteiger partial charge in [0.2, 0.25) is 0 Å². The van der Waals surface area contributed by atoms with Crippen LogP contribution in [0.3, 0.4) is 0 Å². The monoisotopic (exact) mass is 364 g/mol. The van der Waals surface area contributed by atoms with Gasteiger partial charge in [-0.2, -0.15) is 5.10 Å². The Morgan fingerprint density at radius 3 is 2.09 bits per heavy atom. The predicted octanol–water partition coefficient (Wildman–Crippen LogP) is 5.49. The molecule has 0 spiro atoms. The van der Waals surface area contributed by atoms with Gasteiger partial charge in [-0.25, -0.2) is 0 Å². The molecule has 0 aliphatic carbocycles. The third-order valence-corrected chi connectivity index (χ3v) is 4.19. The molecule has 0 fully saturated rings. The van der Waals surface area contributed by atoms with Crippen LogP contribution < -0.4 is 5.01 Å². The topological polar surface area (TPSA) is 15.6 Å². The quantitative estimate of drug-likeness (QED) is 0.431. The number of para-hydroxylation sites is 1. The van der Waals surface area contributed by atoms with Gasteiger partial charge in [-0.05, 0) is 23.8 Å². The smallest absolute Gasteiger partial charge is 0.0666 e. The van der Waals surface area contributed by atoms with Gasteiger partial charge in [-0.1, -0.05) is 82.7 Å². The van der Waals surface area contributed by atoms with Crippen molar-refractivity contribution in [2.75, 3.05) is 5.01 Å². The third-order valence-electron chi connectivity index (χ3n) is 3.47. The van der Waals surface area contributed by atoms with Crippen molar-refractivity contribution in [3.63, 3.8) is 0 Å². The molecule has 0 saturated carbocycles. The fourth-order valence-electron chi connectivity index (χ4n) is 2.27. The summed E-state index contributed by atoms with van der Waals surface area (Å²) in [5.74, 6) is 0. The highest BCUT2D eigenvalue weighted by atomic mass is 79.9. The van der Waals surface area contributed by atoms with Crippen LogP contribution in [0.2, 0.25) is 0 Å². The summed E-state index contributed by atoms with van der Waals surface area (Å²) in [4.78, 5) is 0. The SMILES string of the molecule is Brc1ccccc1/C=N/N(Cc1ccccc1)c1ccccc1. The molecule has 0 heterocycles. The van der Waals surface area contributed by atoms with Crippen molar-refractivity contribution in [1.29, 1.82) is 0 Å². The summed E-state index contributed by atoms with van der Waals surface area (Å²) in [5.41, 5.74) is 3.35. The molecule has 2 nitrogen and oxygen atoms in total. The minimum Gasteiger partial charge on any atom is -0.261 e. The van der Waals surface area contributed by atoms with E-state index in [1.54, 1.807) is 0 Å². The number of hydrogen-bond donors (Lipinski definition) is 0. The first-order chi connectivity index (χ1) is 11.3.